The lowest BCUT2D eigenvalue weighted by atomic mass is 9.66. The van der Waals surface area contributed by atoms with E-state index in [1.165, 1.54) is 12.7 Å². The van der Waals surface area contributed by atoms with Gasteiger partial charge in [0.2, 0.25) is 0 Å². The van der Waals surface area contributed by atoms with Gasteiger partial charge in [-0.2, -0.15) is 0 Å². The lowest BCUT2D eigenvalue weighted by molar-refractivity contribution is -0.175. The van der Waals surface area contributed by atoms with Crippen LogP contribution < -0.4 is 4.74 Å². The molecule has 4 aliphatic heterocycles. The van der Waals surface area contributed by atoms with E-state index >= 15 is 0 Å². The van der Waals surface area contributed by atoms with Gasteiger partial charge in [-0.3, -0.25) is 9.59 Å². The van der Waals surface area contributed by atoms with Crippen molar-refractivity contribution in [2.45, 2.75) is 49.3 Å². The molecule has 0 spiro atoms. The first-order chi connectivity index (χ1) is 23.0. The van der Waals surface area contributed by atoms with Gasteiger partial charge < -0.3 is 29.5 Å². The van der Waals surface area contributed by atoms with Gasteiger partial charge in [-0.25, -0.2) is 0 Å². The van der Waals surface area contributed by atoms with Gasteiger partial charge in [-0.05, 0) is 80.7 Å². The number of hydrogen-bond acceptors (Lipinski definition) is 6. The molecule has 3 aromatic rings. The van der Waals surface area contributed by atoms with E-state index in [-0.39, 0.29) is 11.8 Å². The first kappa shape index (κ1) is 28.5. The maximum Gasteiger partial charge on any atom is 0.266 e. The van der Waals surface area contributed by atoms with Crippen molar-refractivity contribution in [2.75, 3.05) is 20.2 Å². The van der Waals surface area contributed by atoms with Crippen molar-refractivity contribution in [1.29, 1.82) is 0 Å². The van der Waals surface area contributed by atoms with Gasteiger partial charge in [0.1, 0.15) is 24.0 Å². The molecule has 0 saturated carbocycles. The summed E-state index contributed by atoms with van der Waals surface area (Å²) in [5.74, 6) is 0.345. The van der Waals surface area contributed by atoms with Crippen molar-refractivity contribution in [3.63, 3.8) is 0 Å². The number of benzene rings is 3. The Bertz CT molecular complexity index is 1950. The van der Waals surface area contributed by atoms with Gasteiger partial charge in [0.15, 0.2) is 12.2 Å². The second-order valence-electron chi connectivity index (χ2n) is 13.1. The number of carbonyl (C=O) groups is 2. The second-order valence-corrected chi connectivity index (χ2v) is 13.1. The average Bonchev–Trinajstić information content (AvgIpc) is 3.22. The fraction of sp³-hybridized carbons (Fsp3) is 0.282. The SMILES string of the molecule is CO[C@H]1C(=O)N2CC3=C(C4=C5CN6C(=O)[C@H](Oc7ccccc7)[C@@H]6[C@H](O)C(c6ccccc6)=C5C4)CC3=C(c3ccccc3)[C@@H](O)[C@@H]12. The summed E-state index contributed by atoms with van der Waals surface area (Å²) in [6, 6.07) is 28.1. The normalized spacial score (nSPS) is 29.4. The fourth-order valence-corrected chi connectivity index (χ4v) is 8.49. The lowest BCUT2D eigenvalue weighted by Gasteiger charge is -2.48. The summed E-state index contributed by atoms with van der Waals surface area (Å²) < 4.78 is 11.7. The van der Waals surface area contributed by atoms with Crippen molar-refractivity contribution < 1.29 is 29.3 Å². The van der Waals surface area contributed by atoms with Crippen molar-refractivity contribution in [3.05, 3.63) is 136 Å². The fourth-order valence-electron chi connectivity index (χ4n) is 8.49. The van der Waals surface area contributed by atoms with Crippen LogP contribution in [0.25, 0.3) is 11.1 Å². The second kappa shape index (κ2) is 10.6. The molecule has 4 heterocycles. The monoisotopic (exact) mass is 626 g/mol. The molecule has 0 unspecified atom stereocenters. The molecule has 9 rings (SSSR count). The molecule has 2 saturated heterocycles. The third-order valence-electron chi connectivity index (χ3n) is 10.9. The van der Waals surface area contributed by atoms with E-state index < -0.39 is 36.5 Å². The molecular formula is C39H34N2O6. The number of para-hydroxylation sites is 1. The Morgan fingerprint density at radius 2 is 1.00 bits per heavy atom. The molecule has 2 aliphatic carbocycles. The predicted molar refractivity (Wildman–Crippen MR) is 175 cm³/mol. The van der Waals surface area contributed by atoms with Crippen molar-refractivity contribution >= 4 is 23.0 Å². The van der Waals surface area contributed by atoms with E-state index in [1.807, 2.05) is 91.0 Å². The number of methoxy groups -OCH3 is 1. The summed E-state index contributed by atoms with van der Waals surface area (Å²) in [6.45, 7) is 0.793. The van der Waals surface area contributed by atoms with Crippen molar-refractivity contribution in [1.82, 2.24) is 9.80 Å². The quantitative estimate of drug-likeness (QED) is 0.403. The lowest BCUT2D eigenvalue weighted by Crippen LogP contribution is -2.70. The molecule has 3 aromatic carbocycles. The average molecular weight is 627 g/mol. The van der Waals surface area contributed by atoms with Crippen LogP contribution in [0.1, 0.15) is 24.0 Å². The summed E-state index contributed by atoms with van der Waals surface area (Å²) in [4.78, 5) is 30.3. The van der Waals surface area contributed by atoms with Crippen LogP contribution in [0.5, 0.6) is 5.75 Å². The minimum atomic E-state index is -0.921. The predicted octanol–water partition coefficient (Wildman–Crippen LogP) is 3.93. The maximum atomic E-state index is 13.6. The first-order valence-corrected chi connectivity index (χ1v) is 16.2. The van der Waals surface area contributed by atoms with Crippen LogP contribution in [-0.2, 0) is 14.3 Å². The zero-order chi connectivity index (χ0) is 32.0. The number of ether oxygens (including phenoxy) is 2. The topological polar surface area (TPSA) is 99.5 Å². The number of amides is 2. The molecule has 0 aromatic heterocycles. The summed E-state index contributed by atoms with van der Waals surface area (Å²) in [6.07, 6.45) is -1.94. The van der Waals surface area contributed by atoms with Crippen LogP contribution in [0.15, 0.2) is 124 Å². The number of fused-ring (bicyclic) bond motifs is 4. The van der Waals surface area contributed by atoms with Gasteiger partial charge in [0.25, 0.3) is 11.8 Å². The van der Waals surface area contributed by atoms with Crippen LogP contribution in [-0.4, -0.2) is 88.5 Å². The van der Waals surface area contributed by atoms with Crippen LogP contribution in [0, 0.1) is 0 Å². The molecule has 6 aliphatic rings. The maximum absolute atomic E-state index is 13.6. The highest BCUT2D eigenvalue weighted by atomic mass is 16.5. The number of allylic oxidation sites excluding steroid dienone is 2. The standard InChI is InChI=1S/C39H34N2O6/c1-46-36-32-34(42)30(21-11-5-2-6-12-21)26-17-24(28(26)19-40(32)38(36)44)25-18-27-29(25)20-41-33(35(43)31(27)22-13-7-3-8-14-22)37(39(41)45)47-23-15-9-4-10-16-23/h2-16,32-37,42-43H,17-20H2,1H3/t32-,33-,34+,35+,36+,37+/m0/s1. The molecular weight excluding hydrogens is 592 g/mol. The van der Waals surface area contributed by atoms with Gasteiger partial charge in [0, 0.05) is 20.2 Å². The molecule has 2 fully saturated rings. The zero-order valence-electron chi connectivity index (χ0n) is 25.9. The zero-order valence-corrected chi connectivity index (χ0v) is 25.9. The molecule has 6 atom stereocenters. The molecule has 0 radical (unpaired) electrons. The summed E-state index contributed by atoms with van der Waals surface area (Å²) >= 11 is 0. The Labute approximate surface area is 272 Å². The summed E-state index contributed by atoms with van der Waals surface area (Å²) in [5, 5.41) is 23.7. The van der Waals surface area contributed by atoms with Crippen LogP contribution in [0.3, 0.4) is 0 Å². The van der Waals surface area contributed by atoms with Crippen LogP contribution in [0.2, 0.25) is 0 Å². The highest BCUT2D eigenvalue weighted by Gasteiger charge is 2.58. The Hall–Kier alpha value is -4.76. The largest absolute Gasteiger partial charge is 0.478 e. The minimum Gasteiger partial charge on any atom is -0.478 e. The number of β-lactam (4-membered cyclic amide) rings is 2. The number of aliphatic hydroxyl groups is 2. The number of carbonyl (C=O) groups excluding carboxylic acids is 2. The molecule has 8 heteroatoms. The summed E-state index contributed by atoms with van der Waals surface area (Å²) in [7, 11) is 1.52. The van der Waals surface area contributed by atoms with E-state index in [9.17, 15) is 19.8 Å². The highest BCUT2D eigenvalue weighted by Crippen LogP contribution is 2.56. The van der Waals surface area contributed by atoms with E-state index in [2.05, 4.69) is 0 Å². The minimum absolute atomic E-state index is 0.113. The Balaban J connectivity index is 1.15. The van der Waals surface area contributed by atoms with Crippen LogP contribution in [0.4, 0.5) is 0 Å². The van der Waals surface area contributed by atoms with E-state index in [0.717, 1.165) is 50.1 Å². The first-order valence-electron chi connectivity index (χ1n) is 16.2. The third kappa shape index (κ3) is 4.05. The van der Waals surface area contributed by atoms with E-state index in [4.69, 9.17) is 9.47 Å². The number of aliphatic hydroxyl groups excluding tert-OH is 2. The van der Waals surface area contributed by atoms with Crippen molar-refractivity contribution in [2.24, 2.45) is 0 Å². The number of nitrogens with zero attached hydrogens (tertiary/aromatic N) is 2. The van der Waals surface area contributed by atoms with Gasteiger partial charge in [-0.1, -0.05) is 78.9 Å². The Morgan fingerprint density at radius 1 is 0.574 bits per heavy atom. The van der Waals surface area contributed by atoms with E-state index in [1.54, 1.807) is 9.80 Å². The Morgan fingerprint density at radius 3 is 1.47 bits per heavy atom. The van der Waals surface area contributed by atoms with Crippen LogP contribution >= 0.6 is 0 Å². The van der Waals surface area contributed by atoms with E-state index in [0.29, 0.717) is 31.7 Å². The van der Waals surface area contributed by atoms with Gasteiger partial charge >= 0.3 is 0 Å². The Kier molecular flexibility index (Phi) is 6.44. The molecule has 236 valence electrons. The van der Waals surface area contributed by atoms with Crippen molar-refractivity contribution in [3.8, 4) is 5.75 Å². The smallest absolute Gasteiger partial charge is 0.266 e. The molecule has 47 heavy (non-hydrogen) atoms. The highest BCUT2D eigenvalue weighted by molar-refractivity contribution is 5.95. The van der Waals surface area contributed by atoms with Gasteiger partial charge in [-0.15, -0.1) is 0 Å². The van der Waals surface area contributed by atoms with Gasteiger partial charge in [0.05, 0.1) is 6.04 Å². The third-order valence-corrected chi connectivity index (χ3v) is 10.9. The molecule has 0 bridgehead atoms. The molecule has 8 nitrogen and oxygen atoms in total. The number of rotatable bonds is 6. The molecule has 2 amide bonds. The summed E-state index contributed by atoms with van der Waals surface area (Å²) in [5.41, 5.74) is 10.2. The molecule has 2 N–H and O–H groups in total. The number of hydrogen-bond donors (Lipinski definition) is 2.